The van der Waals surface area contributed by atoms with E-state index in [0.717, 1.165) is 43.5 Å². The Morgan fingerprint density at radius 2 is 1.80 bits per heavy atom. The van der Waals surface area contributed by atoms with Gasteiger partial charge >= 0.3 is 0 Å². The minimum atomic E-state index is -0.127. The van der Waals surface area contributed by atoms with Gasteiger partial charge in [-0.3, -0.25) is 14.1 Å². The lowest BCUT2D eigenvalue weighted by molar-refractivity contribution is 0.245. The third-order valence-corrected chi connectivity index (χ3v) is 5.39. The summed E-state index contributed by atoms with van der Waals surface area (Å²) in [6.45, 7) is 3.84. The van der Waals surface area contributed by atoms with Crippen molar-refractivity contribution in [1.29, 1.82) is 0 Å². The highest BCUT2D eigenvalue weighted by molar-refractivity contribution is 6.30. The molecule has 0 atom stereocenters. The molecule has 10 heteroatoms. The average molecular weight is 423 g/mol. The van der Waals surface area contributed by atoms with Gasteiger partial charge in [0.1, 0.15) is 5.65 Å². The zero-order chi connectivity index (χ0) is 20.5. The summed E-state index contributed by atoms with van der Waals surface area (Å²) in [5, 5.41) is 12.7. The first-order valence-corrected chi connectivity index (χ1v) is 10.0. The summed E-state index contributed by atoms with van der Waals surface area (Å²) < 4.78 is 3.22. The standard InChI is InChI=1S/C20H19ClN8O/c21-15-6-7-18-22-16(12-19(30)28(18)13-15)14-26-8-10-27(11-9-26)20-23-24-25-29(20)17-4-2-1-3-5-17/h1-7,12-13H,8-11,14H2. The molecule has 0 bridgehead atoms. The molecule has 0 spiro atoms. The first kappa shape index (κ1) is 18.7. The van der Waals surface area contributed by atoms with Crippen LogP contribution in [0.25, 0.3) is 11.3 Å². The van der Waals surface area contributed by atoms with Gasteiger partial charge in [-0.25, -0.2) is 4.98 Å². The van der Waals surface area contributed by atoms with Gasteiger partial charge in [-0.15, -0.1) is 0 Å². The third kappa shape index (κ3) is 3.64. The molecule has 0 aliphatic carbocycles. The molecule has 0 radical (unpaired) electrons. The first-order chi connectivity index (χ1) is 14.7. The molecule has 9 nitrogen and oxygen atoms in total. The minimum absolute atomic E-state index is 0.127. The highest BCUT2D eigenvalue weighted by Gasteiger charge is 2.22. The maximum Gasteiger partial charge on any atom is 0.258 e. The fraction of sp³-hybridized carbons (Fsp3) is 0.250. The fourth-order valence-electron chi connectivity index (χ4n) is 3.66. The predicted octanol–water partition coefficient (Wildman–Crippen LogP) is 1.65. The summed E-state index contributed by atoms with van der Waals surface area (Å²) in [5.41, 5.74) is 2.16. The van der Waals surface area contributed by atoms with Gasteiger partial charge in [0.05, 0.1) is 16.4 Å². The van der Waals surface area contributed by atoms with Gasteiger partial charge in [0.25, 0.3) is 5.56 Å². The van der Waals surface area contributed by atoms with Gasteiger partial charge in [0, 0.05) is 45.0 Å². The van der Waals surface area contributed by atoms with E-state index in [2.05, 4.69) is 30.3 Å². The van der Waals surface area contributed by atoms with Crippen LogP contribution in [0.15, 0.2) is 59.5 Å². The molecule has 0 saturated carbocycles. The van der Waals surface area contributed by atoms with Crippen LogP contribution < -0.4 is 10.5 Å². The summed E-state index contributed by atoms with van der Waals surface area (Å²) in [6.07, 6.45) is 1.59. The number of para-hydroxylation sites is 1. The van der Waals surface area contributed by atoms with E-state index in [0.29, 0.717) is 17.2 Å². The van der Waals surface area contributed by atoms with Gasteiger partial charge in [-0.2, -0.15) is 4.68 Å². The van der Waals surface area contributed by atoms with Crippen LogP contribution in [0.2, 0.25) is 5.02 Å². The zero-order valence-electron chi connectivity index (χ0n) is 16.1. The number of hydrogen-bond acceptors (Lipinski definition) is 7. The van der Waals surface area contributed by atoms with E-state index in [1.807, 2.05) is 30.3 Å². The highest BCUT2D eigenvalue weighted by atomic mass is 35.5. The van der Waals surface area contributed by atoms with Crippen LogP contribution in [-0.2, 0) is 6.54 Å². The van der Waals surface area contributed by atoms with Gasteiger partial charge in [0.2, 0.25) is 5.95 Å². The van der Waals surface area contributed by atoms with Crippen LogP contribution >= 0.6 is 11.6 Å². The van der Waals surface area contributed by atoms with Crippen molar-refractivity contribution in [3.05, 3.63) is 75.8 Å². The van der Waals surface area contributed by atoms with Crippen molar-refractivity contribution in [2.75, 3.05) is 31.1 Å². The van der Waals surface area contributed by atoms with E-state index >= 15 is 0 Å². The van der Waals surface area contributed by atoms with Gasteiger partial charge in [-0.1, -0.05) is 34.9 Å². The molecule has 3 aromatic heterocycles. The lowest BCUT2D eigenvalue weighted by Gasteiger charge is -2.34. The highest BCUT2D eigenvalue weighted by Crippen LogP contribution is 2.17. The summed E-state index contributed by atoms with van der Waals surface area (Å²) in [6, 6.07) is 14.9. The maximum atomic E-state index is 12.4. The summed E-state index contributed by atoms with van der Waals surface area (Å²) >= 11 is 5.98. The Hall–Kier alpha value is -3.30. The van der Waals surface area contributed by atoms with E-state index in [9.17, 15) is 4.79 Å². The Morgan fingerprint density at radius 1 is 1.00 bits per heavy atom. The lowest BCUT2D eigenvalue weighted by Crippen LogP contribution is -2.47. The number of nitrogens with zero attached hydrogens (tertiary/aromatic N) is 8. The number of tetrazole rings is 1. The lowest BCUT2D eigenvalue weighted by atomic mass is 10.3. The third-order valence-electron chi connectivity index (χ3n) is 5.17. The molecule has 1 aliphatic rings. The van der Waals surface area contributed by atoms with E-state index in [-0.39, 0.29) is 5.56 Å². The van der Waals surface area contributed by atoms with E-state index in [4.69, 9.17) is 11.6 Å². The quantitative estimate of drug-likeness (QED) is 0.494. The monoisotopic (exact) mass is 422 g/mol. The summed E-state index contributed by atoms with van der Waals surface area (Å²) in [7, 11) is 0. The second kappa shape index (κ2) is 7.85. The number of piperazine rings is 1. The molecule has 0 unspecified atom stereocenters. The molecule has 1 saturated heterocycles. The summed E-state index contributed by atoms with van der Waals surface area (Å²) in [5.74, 6) is 0.736. The number of aromatic nitrogens is 6. The molecular weight excluding hydrogens is 404 g/mol. The van der Waals surface area contributed by atoms with Crippen LogP contribution in [0, 0.1) is 0 Å². The minimum Gasteiger partial charge on any atom is -0.337 e. The fourth-order valence-corrected chi connectivity index (χ4v) is 3.82. The van der Waals surface area contributed by atoms with Crippen molar-refractivity contribution in [3.8, 4) is 5.69 Å². The van der Waals surface area contributed by atoms with Crippen molar-refractivity contribution in [3.63, 3.8) is 0 Å². The predicted molar refractivity (Wildman–Crippen MR) is 113 cm³/mol. The molecule has 5 rings (SSSR count). The molecule has 1 aromatic carbocycles. The van der Waals surface area contributed by atoms with E-state index in [1.165, 1.54) is 4.40 Å². The Labute approximate surface area is 177 Å². The van der Waals surface area contributed by atoms with Gasteiger partial charge < -0.3 is 4.90 Å². The topological polar surface area (TPSA) is 84.5 Å². The number of rotatable bonds is 4. The SMILES string of the molecule is O=c1cc(CN2CCN(c3nnnn3-c3ccccc3)CC2)nc2ccc(Cl)cn12. The van der Waals surface area contributed by atoms with Crippen molar-refractivity contribution in [1.82, 2.24) is 34.5 Å². The average Bonchev–Trinajstić information content (AvgIpc) is 3.25. The smallest absolute Gasteiger partial charge is 0.258 e. The Morgan fingerprint density at radius 3 is 2.60 bits per heavy atom. The molecule has 0 N–H and O–H groups in total. The van der Waals surface area contributed by atoms with Crippen LogP contribution in [0.3, 0.4) is 0 Å². The Balaban J connectivity index is 1.28. The van der Waals surface area contributed by atoms with Gasteiger partial charge in [-0.05, 0) is 34.7 Å². The number of anilines is 1. The molecule has 4 aromatic rings. The largest absolute Gasteiger partial charge is 0.337 e. The van der Waals surface area contributed by atoms with Crippen molar-refractivity contribution in [2.24, 2.45) is 0 Å². The van der Waals surface area contributed by atoms with Crippen LogP contribution in [-0.4, -0.2) is 60.7 Å². The molecule has 0 amide bonds. The van der Waals surface area contributed by atoms with Crippen molar-refractivity contribution in [2.45, 2.75) is 6.54 Å². The van der Waals surface area contributed by atoms with Gasteiger partial charge in [0.15, 0.2) is 0 Å². The second-order valence-electron chi connectivity index (χ2n) is 7.15. The van der Waals surface area contributed by atoms with Crippen LogP contribution in [0.4, 0.5) is 5.95 Å². The molecule has 152 valence electrons. The van der Waals surface area contributed by atoms with E-state index < -0.39 is 0 Å². The normalized spacial score (nSPS) is 15.0. The number of halogens is 1. The number of benzene rings is 1. The maximum absolute atomic E-state index is 12.4. The van der Waals surface area contributed by atoms with Crippen molar-refractivity contribution < 1.29 is 0 Å². The Kier molecular flexibility index (Phi) is 4.89. The number of pyridine rings is 1. The second-order valence-corrected chi connectivity index (χ2v) is 7.59. The molecule has 1 aliphatic heterocycles. The first-order valence-electron chi connectivity index (χ1n) is 9.66. The van der Waals surface area contributed by atoms with E-state index in [1.54, 1.807) is 29.1 Å². The molecule has 30 heavy (non-hydrogen) atoms. The number of hydrogen-bond donors (Lipinski definition) is 0. The molecule has 1 fully saturated rings. The molecule has 4 heterocycles. The zero-order valence-corrected chi connectivity index (χ0v) is 16.9. The molecular formula is C20H19ClN8O. The number of fused-ring (bicyclic) bond motifs is 1. The van der Waals surface area contributed by atoms with Crippen molar-refractivity contribution >= 4 is 23.2 Å². The Bertz CT molecular complexity index is 1230. The van der Waals surface area contributed by atoms with Crippen LogP contribution in [0.1, 0.15) is 5.69 Å². The summed E-state index contributed by atoms with van der Waals surface area (Å²) in [4.78, 5) is 21.4. The van der Waals surface area contributed by atoms with Crippen LogP contribution in [0.5, 0.6) is 0 Å².